The van der Waals surface area contributed by atoms with Gasteiger partial charge in [0.2, 0.25) is 10.0 Å². The molecule has 2 fully saturated rings. The van der Waals surface area contributed by atoms with Gasteiger partial charge in [0.25, 0.3) is 5.91 Å². The van der Waals surface area contributed by atoms with Gasteiger partial charge in [-0.3, -0.25) is 4.79 Å². The second kappa shape index (κ2) is 6.16. The second-order valence-corrected chi connectivity index (χ2v) is 10.5. The number of rotatable bonds is 4. The first-order valence-corrected chi connectivity index (χ1v) is 10.3. The molecule has 26 heavy (non-hydrogen) atoms. The molecule has 2 bridgehead atoms. The van der Waals surface area contributed by atoms with E-state index in [0.717, 1.165) is 22.9 Å². The number of carbonyl (C=O) groups excluding carboxylic acids is 1. The van der Waals surface area contributed by atoms with Gasteiger partial charge in [-0.05, 0) is 54.9 Å². The van der Waals surface area contributed by atoms with Crippen molar-refractivity contribution in [3.05, 3.63) is 29.8 Å². The van der Waals surface area contributed by atoms with Crippen LogP contribution in [-0.4, -0.2) is 38.4 Å². The fourth-order valence-electron chi connectivity index (χ4n) is 4.27. The minimum Gasteiger partial charge on any atom is -0.267 e. The topological polar surface area (TPSA) is 78.8 Å². The molecule has 142 valence electrons. The van der Waals surface area contributed by atoms with Crippen LogP contribution in [0.3, 0.4) is 0 Å². The Hall–Kier alpha value is -1.73. The molecule has 0 spiro atoms. The number of hydrazone groups is 1. The standard InChI is InChI=1S/C19H27N3O3S/c1-18(2)14-10-11-19(18,3)16(12-14)20-21-17(23)13-6-8-15(9-7-13)26(24,25)22(4)5/h6-9,14H,10-12H2,1-5H3,(H,21,23)/b20-16-/t14-,19-/m1/s1. The van der Waals surface area contributed by atoms with Crippen LogP contribution in [0, 0.1) is 16.7 Å². The SMILES string of the molecule is CN(C)S(=O)(=O)c1ccc(C(=O)N/N=C2/C[C@H]3CC[C@@]2(C)C3(C)C)cc1. The summed E-state index contributed by atoms with van der Waals surface area (Å²) >= 11 is 0. The quantitative estimate of drug-likeness (QED) is 0.820. The molecule has 3 rings (SSSR count). The molecule has 6 nitrogen and oxygen atoms in total. The van der Waals surface area contributed by atoms with Crippen molar-refractivity contribution in [3.63, 3.8) is 0 Å². The monoisotopic (exact) mass is 377 g/mol. The zero-order chi connectivity index (χ0) is 19.3. The first kappa shape index (κ1) is 19.0. The first-order valence-electron chi connectivity index (χ1n) is 8.90. The van der Waals surface area contributed by atoms with E-state index in [4.69, 9.17) is 0 Å². The molecule has 1 aromatic carbocycles. The van der Waals surface area contributed by atoms with Crippen molar-refractivity contribution in [2.75, 3.05) is 14.1 Å². The maximum Gasteiger partial charge on any atom is 0.271 e. The van der Waals surface area contributed by atoms with Crippen molar-refractivity contribution in [2.45, 2.75) is 44.9 Å². The molecule has 0 heterocycles. The van der Waals surface area contributed by atoms with E-state index in [2.05, 4.69) is 31.3 Å². The number of benzene rings is 1. The average Bonchev–Trinajstić information content (AvgIpc) is 2.92. The third-order valence-electron chi connectivity index (χ3n) is 6.70. The Morgan fingerprint density at radius 2 is 1.81 bits per heavy atom. The van der Waals surface area contributed by atoms with Gasteiger partial charge in [-0.2, -0.15) is 5.10 Å². The lowest BCUT2D eigenvalue weighted by Crippen LogP contribution is -2.34. The molecule has 1 N–H and O–H groups in total. The lowest BCUT2D eigenvalue weighted by molar-refractivity contribution is 0.0953. The molecular weight excluding hydrogens is 350 g/mol. The molecule has 2 atom stereocenters. The van der Waals surface area contributed by atoms with Crippen molar-refractivity contribution in [1.82, 2.24) is 9.73 Å². The number of nitrogens with zero attached hydrogens (tertiary/aromatic N) is 2. The molecule has 1 aromatic rings. The zero-order valence-electron chi connectivity index (χ0n) is 16.0. The molecule has 7 heteroatoms. The number of sulfonamides is 1. The van der Waals surface area contributed by atoms with Crippen LogP contribution >= 0.6 is 0 Å². The summed E-state index contributed by atoms with van der Waals surface area (Å²) in [4.78, 5) is 12.6. The highest BCUT2D eigenvalue weighted by molar-refractivity contribution is 7.89. The maximum absolute atomic E-state index is 12.4. The van der Waals surface area contributed by atoms with Crippen LogP contribution in [0.1, 0.15) is 50.4 Å². The summed E-state index contributed by atoms with van der Waals surface area (Å²) in [5.74, 6) is 0.300. The molecule has 1 amide bonds. The van der Waals surface area contributed by atoms with Gasteiger partial charge in [0, 0.05) is 30.8 Å². The number of hydrogen-bond acceptors (Lipinski definition) is 4. The van der Waals surface area contributed by atoms with Crippen molar-refractivity contribution in [1.29, 1.82) is 0 Å². The molecule has 2 saturated carbocycles. The van der Waals surface area contributed by atoms with Crippen LogP contribution in [0.4, 0.5) is 0 Å². The summed E-state index contributed by atoms with van der Waals surface area (Å²) in [6.07, 6.45) is 3.26. The molecule has 0 aliphatic heterocycles. The molecule has 0 saturated heterocycles. The summed E-state index contributed by atoms with van der Waals surface area (Å²) < 4.78 is 25.3. The van der Waals surface area contributed by atoms with E-state index in [1.165, 1.54) is 44.8 Å². The summed E-state index contributed by atoms with van der Waals surface area (Å²) in [5.41, 5.74) is 4.36. The van der Waals surface area contributed by atoms with Crippen molar-refractivity contribution < 1.29 is 13.2 Å². The third kappa shape index (κ3) is 2.77. The van der Waals surface area contributed by atoms with Crippen LogP contribution in [0.15, 0.2) is 34.3 Å². The van der Waals surface area contributed by atoms with Crippen molar-refractivity contribution in [3.8, 4) is 0 Å². The average molecular weight is 378 g/mol. The lowest BCUT2D eigenvalue weighted by Gasteiger charge is -2.34. The van der Waals surface area contributed by atoms with Gasteiger partial charge in [-0.1, -0.05) is 20.8 Å². The zero-order valence-corrected chi connectivity index (χ0v) is 16.9. The number of carbonyl (C=O) groups is 1. The largest absolute Gasteiger partial charge is 0.271 e. The summed E-state index contributed by atoms with van der Waals surface area (Å²) in [5, 5.41) is 4.44. The van der Waals surface area contributed by atoms with Crippen LogP contribution in [0.5, 0.6) is 0 Å². The fraction of sp³-hybridized carbons (Fsp3) is 0.579. The predicted octanol–water partition coefficient (Wildman–Crippen LogP) is 2.87. The van der Waals surface area contributed by atoms with Crippen LogP contribution in [-0.2, 0) is 10.0 Å². The van der Waals surface area contributed by atoms with Crippen LogP contribution in [0.2, 0.25) is 0 Å². The highest BCUT2D eigenvalue weighted by Gasteiger charge is 2.60. The van der Waals surface area contributed by atoms with E-state index in [9.17, 15) is 13.2 Å². The van der Waals surface area contributed by atoms with Gasteiger partial charge >= 0.3 is 0 Å². The Morgan fingerprint density at radius 3 is 2.27 bits per heavy atom. The summed E-state index contributed by atoms with van der Waals surface area (Å²) in [6, 6.07) is 5.91. The van der Waals surface area contributed by atoms with Crippen molar-refractivity contribution >= 4 is 21.6 Å². The molecule has 0 unspecified atom stereocenters. The number of nitrogens with one attached hydrogen (secondary N) is 1. The minimum absolute atomic E-state index is 0.0363. The summed E-state index contributed by atoms with van der Waals surface area (Å²) in [7, 11) is -0.546. The summed E-state index contributed by atoms with van der Waals surface area (Å²) in [6.45, 7) is 6.82. The Bertz CT molecular complexity index is 857. The van der Waals surface area contributed by atoms with Crippen LogP contribution < -0.4 is 5.43 Å². The molecular formula is C19H27N3O3S. The van der Waals surface area contributed by atoms with Gasteiger partial charge in [0.05, 0.1) is 4.90 Å². The van der Waals surface area contributed by atoms with Crippen LogP contribution in [0.25, 0.3) is 0 Å². The van der Waals surface area contributed by atoms with Gasteiger partial charge in [-0.25, -0.2) is 18.1 Å². The van der Waals surface area contributed by atoms with Crippen molar-refractivity contribution in [2.24, 2.45) is 21.8 Å². The normalized spacial score (nSPS) is 28.7. The predicted molar refractivity (Wildman–Crippen MR) is 101 cm³/mol. The highest BCUT2D eigenvalue weighted by atomic mass is 32.2. The number of amides is 1. The Balaban J connectivity index is 1.74. The smallest absolute Gasteiger partial charge is 0.267 e. The molecule has 2 aliphatic rings. The third-order valence-corrected chi connectivity index (χ3v) is 8.53. The highest BCUT2D eigenvalue weighted by Crippen LogP contribution is 2.63. The number of fused-ring (bicyclic) bond motifs is 2. The Morgan fingerprint density at radius 1 is 1.19 bits per heavy atom. The fourth-order valence-corrected chi connectivity index (χ4v) is 5.17. The van der Waals surface area contributed by atoms with E-state index in [1.807, 2.05) is 0 Å². The molecule has 0 radical (unpaired) electrons. The first-order chi connectivity index (χ1) is 12.0. The molecule has 0 aromatic heterocycles. The Kier molecular flexibility index (Phi) is 4.51. The van der Waals surface area contributed by atoms with E-state index in [1.54, 1.807) is 0 Å². The number of hydrogen-bond donors (Lipinski definition) is 1. The van der Waals surface area contributed by atoms with E-state index >= 15 is 0 Å². The van der Waals surface area contributed by atoms with E-state index < -0.39 is 10.0 Å². The van der Waals surface area contributed by atoms with Gasteiger partial charge in [0.1, 0.15) is 0 Å². The van der Waals surface area contributed by atoms with E-state index in [0.29, 0.717) is 11.5 Å². The van der Waals surface area contributed by atoms with Gasteiger partial charge in [-0.15, -0.1) is 0 Å². The lowest BCUT2D eigenvalue weighted by atomic mass is 9.70. The maximum atomic E-state index is 12.4. The van der Waals surface area contributed by atoms with Gasteiger partial charge in [0.15, 0.2) is 0 Å². The minimum atomic E-state index is -3.50. The molecule has 2 aliphatic carbocycles. The second-order valence-electron chi connectivity index (χ2n) is 8.30. The van der Waals surface area contributed by atoms with E-state index in [-0.39, 0.29) is 21.6 Å². The van der Waals surface area contributed by atoms with Gasteiger partial charge < -0.3 is 0 Å². The Labute approximate surface area is 155 Å².